The van der Waals surface area contributed by atoms with Crippen LogP contribution in [0, 0.1) is 13.8 Å². The Morgan fingerprint density at radius 3 is 2.11 bits per heavy atom. The number of aromatic nitrogens is 2. The normalized spacial score (nSPS) is 10.7. The van der Waals surface area contributed by atoms with Crippen molar-refractivity contribution in [2.75, 3.05) is 0 Å². The maximum Gasteiger partial charge on any atom is 0.162 e. The molecule has 0 unspecified atom stereocenters. The Bertz CT molecular complexity index is 571. The highest BCUT2D eigenvalue weighted by molar-refractivity contribution is 6.34. The summed E-state index contributed by atoms with van der Waals surface area (Å²) < 4.78 is 0. The molecule has 0 N–H and O–H groups in total. The largest absolute Gasteiger partial charge is 0.216 e. The standard InChI is InChI=1S/C14H14Cl2N2/c1-4-11-12(15)17-14(18-13(11)16)10-6-5-8(2)9(3)7-10/h5-7H,4H2,1-3H3. The van der Waals surface area contributed by atoms with E-state index in [1.807, 2.05) is 25.1 Å². The zero-order chi connectivity index (χ0) is 13.3. The van der Waals surface area contributed by atoms with Crippen LogP contribution in [0.3, 0.4) is 0 Å². The van der Waals surface area contributed by atoms with Crippen LogP contribution in [0.2, 0.25) is 10.3 Å². The first kappa shape index (κ1) is 13.3. The number of benzene rings is 1. The highest BCUT2D eigenvalue weighted by Gasteiger charge is 2.11. The third kappa shape index (κ3) is 2.50. The summed E-state index contributed by atoms with van der Waals surface area (Å²) in [7, 11) is 0. The lowest BCUT2D eigenvalue weighted by Gasteiger charge is -2.08. The zero-order valence-corrected chi connectivity index (χ0v) is 12.1. The fourth-order valence-corrected chi connectivity index (χ4v) is 2.39. The van der Waals surface area contributed by atoms with Crippen LogP contribution in [0.1, 0.15) is 23.6 Å². The lowest BCUT2D eigenvalue weighted by Crippen LogP contribution is -1.97. The lowest BCUT2D eigenvalue weighted by molar-refractivity contribution is 1.05. The van der Waals surface area contributed by atoms with Crippen LogP contribution in [0.25, 0.3) is 11.4 Å². The van der Waals surface area contributed by atoms with Crippen molar-refractivity contribution in [2.24, 2.45) is 0 Å². The van der Waals surface area contributed by atoms with Gasteiger partial charge >= 0.3 is 0 Å². The first-order valence-corrected chi connectivity index (χ1v) is 6.58. The van der Waals surface area contributed by atoms with Gasteiger partial charge in [-0.25, -0.2) is 9.97 Å². The minimum absolute atomic E-state index is 0.436. The molecule has 0 fully saturated rings. The molecule has 2 nitrogen and oxygen atoms in total. The summed E-state index contributed by atoms with van der Waals surface area (Å²) in [6.45, 7) is 6.11. The molecule has 1 aromatic carbocycles. The summed E-state index contributed by atoms with van der Waals surface area (Å²) in [5.74, 6) is 0.574. The van der Waals surface area contributed by atoms with Crippen LogP contribution in [-0.4, -0.2) is 9.97 Å². The van der Waals surface area contributed by atoms with Gasteiger partial charge in [0.25, 0.3) is 0 Å². The Hall–Kier alpha value is -1.12. The van der Waals surface area contributed by atoms with Crippen molar-refractivity contribution in [1.29, 1.82) is 0 Å². The second-order valence-electron chi connectivity index (χ2n) is 4.26. The summed E-state index contributed by atoms with van der Waals surface area (Å²) in [5.41, 5.74) is 4.17. The van der Waals surface area contributed by atoms with E-state index in [1.165, 1.54) is 11.1 Å². The number of halogens is 2. The van der Waals surface area contributed by atoms with Gasteiger partial charge in [-0.15, -0.1) is 0 Å². The molecule has 0 atom stereocenters. The van der Waals surface area contributed by atoms with E-state index in [0.717, 1.165) is 17.5 Å². The Balaban J connectivity index is 2.54. The highest BCUT2D eigenvalue weighted by Crippen LogP contribution is 2.26. The molecule has 2 rings (SSSR count). The molecule has 0 bridgehead atoms. The van der Waals surface area contributed by atoms with E-state index in [0.29, 0.717) is 16.1 Å². The quantitative estimate of drug-likeness (QED) is 0.750. The molecule has 0 aliphatic rings. The molecule has 0 saturated heterocycles. The highest BCUT2D eigenvalue weighted by atomic mass is 35.5. The average molecular weight is 281 g/mol. The van der Waals surface area contributed by atoms with Crippen LogP contribution in [0.5, 0.6) is 0 Å². The van der Waals surface area contributed by atoms with E-state index in [9.17, 15) is 0 Å². The number of aryl methyl sites for hydroxylation is 2. The SMILES string of the molecule is CCc1c(Cl)nc(-c2ccc(C)c(C)c2)nc1Cl. The Morgan fingerprint density at radius 2 is 1.61 bits per heavy atom. The first-order chi connectivity index (χ1) is 8.52. The molecule has 94 valence electrons. The fraction of sp³-hybridized carbons (Fsp3) is 0.286. The Labute approximate surface area is 117 Å². The number of hydrogen-bond acceptors (Lipinski definition) is 2. The monoisotopic (exact) mass is 280 g/mol. The molecule has 0 aliphatic heterocycles. The molecule has 1 aromatic heterocycles. The van der Waals surface area contributed by atoms with Crippen LogP contribution in [0.15, 0.2) is 18.2 Å². The van der Waals surface area contributed by atoms with Crippen LogP contribution in [0.4, 0.5) is 0 Å². The zero-order valence-electron chi connectivity index (χ0n) is 10.6. The lowest BCUT2D eigenvalue weighted by atomic mass is 10.1. The van der Waals surface area contributed by atoms with Crippen molar-refractivity contribution in [1.82, 2.24) is 9.97 Å². The Morgan fingerprint density at radius 1 is 1.00 bits per heavy atom. The second kappa shape index (κ2) is 5.25. The molecule has 0 aliphatic carbocycles. The van der Waals surface area contributed by atoms with Gasteiger partial charge in [0.05, 0.1) is 0 Å². The van der Waals surface area contributed by atoms with Crippen LogP contribution >= 0.6 is 23.2 Å². The fourth-order valence-electron chi connectivity index (χ4n) is 1.73. The molecule has 0 amide bonds. The molecule has 0 saturated carbocycles. The van der Waals surface area contributed by atoms with Gasteiger partial charge < -0.3 is 0 Å². The summed E-state index contributed by atoms with van der Waals surface area (Å²) in [4.78, 5) is 8.63. The van der Waals surface area contributed by atoms with Gasteiger partial charge in [-0.2, -0.15) is 0 Å². The van der Waals surface area contributed by atoms with E-state index in [2.05, 4.69) is 23.8 Å². The minimum Gasteiger partial charge on any atom is -0.216 e. The summed E-state index contributed by atoms with van der Waals surface area (Å²) in [5, 5.41) is 0.872. The predicted octanol–water partition coefficient (Wildman–Crippen LogP) is 4.63. The van der Waals surface area contributed by atoms with E-state index < -0.39 is 0 Å². The maximum atomic E-state index is 6.12. The van der Waals surface area contributed by atoms with Gasteiger partial charge in [0.2, 0.25) is 0 Å². The van der Waals surface area contributed by atoms with Crippen molar-refractivity contribution in [2.45, 2.75) is 27.2 Å². The summed E-state index contributed by atoms with van der Waals surface area (Å²) in [6.07, 6.45) is 0.727. The van der Waals surface area contributed by atoms with E-state index in [-0.39, 0.29) is 0 Å². The number of hydrogen-bond donors (Lipinski definition) is 0. The van der Waals surface area contributed by atoms with Crippen molar-refractivity contribution in [3.8, 4) is 11.4 Å². The molecule has 0 spiro atoms. The van der Waals surface area contributed by atoms with Gasteiger partial charge in [0.1, 0.15) is 10.3 Å². The average Bonchev–Trinajstić information content (AvgIpc) is 2.32. The summed E-state index contributed by atoms with van der Waals surface area (Å²) in [6, 6.07) is 6.07. The Kier molecular flexibility index (Phi) is 3.88. The van der Waals surface area contributed by atoms with Gasteiger partial charge in [-0.05, 0) is 37.5 Å². The molecule has 18 heavy (non-hydrogen) atoms. The van der Waals surface area contributed by atoms with Gasteiger partial charge in [0, 0.05) is 11.1 Å². The maximum absolute atomic E-state index is 6.12. The molecule has 0 radical (unpaired) electrons. The molecule has 2 aromatic rings. The third-order valence-corrected chi connectivity index (χ3v) is 3.65. The summed E-state index contributed by atoms with van der Waals surface area (Å²) >= 11 is 12.2. The van der Waals surface area contributed by atoms with Crippen LogP contribution < -0.4 is 0 Å². The topological polar surface area (TPSA) is 25.8 Å². The number of nitrogens with zero attached hydrogens (tertiary/aromatic N) is 2. The van der Waals surface area contributed by atoms with Crippen molar-refractivity contribution in [3.63, 3.8) is 0 Å². The third-order valence-electron chi connectivity index (χ3n) is 3.02. The van der Waals surface area contributed by atoms with E-state index in [1.54, 1.807) is 0 Å². The van der Waals surface area contributed by atoms with Gasteiger partial charge in [-0.1, -0.05) is 42.3 Å². The van der Waals surface area contributed by atoms with Crippen molar-refractivity contribution < 1.29 is 0 Å². The first-order valence-electron chi connectivity index (χ1n) is 5.82. The number of rotatable bonds is 2. The molecule has 4 heteroatoms. The van der Waals surface area contributed by atoms with Crippen LogP contribution in [-0.2, 0) is 6.42 Å². The van der Waals surface area contributed by atoms with Crippen molar-refractivity contribution >= 4 is 23.2 Å². The van der Waals surface area contributed by atoms with E-state index >= 15 is 0 Å². The predicted molar refractivity (Wildman–Crippen MR) is 76.3 cm³/mol. The van der Waals surface area contributed by atoms with Gasteiger partial charge in [-0.3, -0.25) is 0 Å². The van der Waals surface area contributed by atoms with E-state index in [4.69, 9.17) is 23.2 Å². The molecular formula is C14H14Cl2N2. The molecule has 1 heterocycles. The second-order valence-corrected chi connectivity index (χ2v) is 4.98. The van der Waals surface area contributed by atoms with Gasteiger partial charge in [0.15, 0.2) is 5.82 Å². The molecular weight excluding hydrogens is 267 g/mol. The minimum atomic E-state index is 0.436. The smallest absolute Gasteiger partial charge is 0.162 e. The van der Waals surface area contributed by atoms with Crippen molar-refractivity contribution in [3.05, 3.63) is 45.2 Å².